The van der Waals surface area contributed by atoms with Gasteiger partial charge in [0.25, 0.3) is 5.91 Å². The number of aliphatic carboxylic acids is 2. The minimum absolute atomic E-state index is 0.0730. The zero-order valence-corrected chi connectivity index (χ0v) is 27.4. The van der Waals surface area contributed by atoms with Crippen LogP contribution in [0.5, 0.6) is 11.5 Å². The molecule has 0 radical (unpaired) electrons. The number of hydrogen-bond donors (Lipinski definition) is 5. The minimum atomic E-state index is -5.08. The first kappa shape index (κ1) is 39.8. The van der Waals surface area contributed by atoms with Crippen molar-refractivity contribution in [3.8, 4) is 22.9 Å². The van der Waals surface area contributed by atoms with Crippen molar-refractivity contribution in [2.24, 2.45) is 0 Å². The highest BCUT2D eigenvalue weighted by Gasteiger charge is 2.39. The fourth-order valence-electron chi connectivity index (χ4n) is 4.39. The van der Waals surface area contributed by atoms with Crippen molar-refractivity contribution in [3.05, 3.63) is 54.9 Å². The molecule has 1 aliphatic carbocycles. The maximum absolute atomic E-state index is 12.2. The number of carbonyl (C=O) groups is 3. The van der Waals surface area contributed by atoms with Gasteiger partial charge in [0.05, 0.1) is 23.5 Å². The molecular weight excluding hydrogens is 694 g/mol. The summed E-state index contributed by atoms with van der Waals surface area (Å²) in [5, 5.41) is 28.2. The monoisotopic (exact) mass is 728 g/mol. The van der Waals surface area contributed by atoms with Gasteiger partial charge in [-0.05, 0) is 76.8 Å². The number of carboxylic acids is 2. The van der Waals surface area contributed by atoms with Gasteiger partial charge < -0.3 is 30.3 Å². The van der Waals surface area contributed by atoms with E-state index in [4.69, 9.17) is 39.2 Å². The van der Waals surface area contributed by atoms with Crippen LogP contribution >= 0.6 is 0 Å². The van der Waals surface area contributed by atoms with Crippen LogP contribution in [0.25, 0.3) is 22.3 Å². The lowest BCUT2D eigenvalue weighted by molar-refractivity contribution is -0.193. The minimum Gasteiger partial charge on any atom is -0.490 e. The molecule has 2 aromatic heterocycles. The molecule has 2 heterocycles. The molecule has 0 saturated heterocycles. The summed E-state index contributed by atoms with van der Waals surface area (Å²) in [6.45, 7) is 5.72. The average Bonchev–Trinajstić information content (AvgIpc) is 3.74. The fourth-order valence-corrected chi connectivity index (χ4v) is 4.39. The summed E-state index contributed by atoms with van der Waals surface area (Å²) in [6, 6.07) is 13.4. The number of carboxylic acid groups (broad SMARTS) is 2. The largest absolute Gasteiger partial charge is 0.490 e. The molecule has 0 aliphatic heterocycles. The molecule has 0 unspecified atom stereocenters. The summed E-state index contributed by atoms with van der Waals surface area (Å²) in [5.41, 5.74) is 2.03. The number of halogens is 6. The zero-order valence-electron chi connectivity index (χ0n) is 27.4. The summed E-state index contributed by atoms with van der Waals surface area (Å²) in [6.07, 6.45) is -1.85. The Kier molecular flexibility index (Phi) is 13.2. The van der Waals surface area contributed by atoms with E-state index in [0.29, 0.717) is 17.4 Å². The Hall–Kier alpha value is -5.62. The van der Waals surface area contributed by atoms with Crippen molar-refractivity contribution < 1.29 is 60.4 Å². The molecule has 2 aromatic carbocycles. The molecule has 0 bridgehead atoms. The first-order chi connectivity index (χ1) is 23.7. The molecule has 1 amide bonds. The summed E-state index contributed by atoms with van der Waals surface area (Å²) < 4.78 is 75.4. The SMILES string of the molecule is CC(C)(C)NC(=O)COc1cccc(-c2nc(Nc3cn[nH]c3)c3cc(OC4CCCC4)ccc3n2)c1.O=C(O)C(F)(F)F.O=C(O)C(F)(F)F. The van der Waals surface area contributed by atoms with E-state index in [1.807, 2.05) is 63.2 Å². The number of aromatic amines is 1. The van der Waals surface area contributed by atoms with Crippen LogP contribution in [0.15, 0.2) is 54.9 Å². The summed E-state index contributed by atoms with van der Waals surface area (Å²) in [5.74, 6) is -3.13. The lowest BCUT2D eigenvalue weighted by Gasteiger charge is -2.20. The second-order valence-corrected chi connectivity index (χ2v) is 11.9. The molecule has 1 saturated carbocycles. The van der Waals surface area contributed by atoms with Crippen LogP contribution in [0.4, 0.5) is 37.8 Å². The van der Waals surface area contributed by atoms with E-state index in [9.17, 15) is 31.1 Å². The van der Waals surface area contributed by atoms with Gasteiger partial charge in [-0.25, -0.2) is 19.6 Å². The predicted octanol–water partition coefficient (Wildman–Crippen LogP) is 6.65. The van der Waals surface area contributed by atoms with E-state index in [0.717, 1.165) is 40.7 Å². The molecule has 1 fully saturated rings. The maximum Gasteiger partial charge on any atom is 0.490 e. The third kappa shape index (κ3) is 13.3. The van der Waals surface area contributed by atoms with Crippen molar-refractivity contribution in [1.29, 1.82) is 0 Å². The number of carbonyl (C=O) groups excluding carboxylic acids is 1. The molecule has 0 atom stereocenters. The van der Waals surface area contributed by atoms with E-state index >= 15 is 0 Å². The average molecular weight is 729 g/mol. The Morgan fingerprint density at radius 1 is 0.902 bits per heavy atom. The van der Waals surface area contributed by atoms with Crippen LogP contribution in [0.1, 0.15) is 46.5 Å². The van der Waals surface area contributed by atoms with E-state index in [-0.39, 0.29) is 24.2 Å². The smallest absolute Gasteiger partial charge is 0.490 e. The van der Waals surface area contributed by atoms with Gasteiger partial charge in [0.1, 0.15) is 17.3 Å². The van der Waals surface area contributed by atoms with Gasteiger partial charge in [-0.1, -0.05) is 12.1 Å². The highest BCUT2D eigenvalue weighted by Crippen LogP contribution is 2.32. The number of anilines is 2. The van der Waals surface area contributed by atoms with Gasteiger partial charge in [0.15, 0.2) is 12.4 Å². The van der Waals surface area contributed by atoms with Crippen molar-refractivity contribution in [1.82, 2.24) is 25.5 Å². The van der Waals surface area contributed by atoms with Gasteiger partial charge in [-0.3, -0.25) is 9.89 Å². The van der Waals surface area contributed by atoms with Crippen molar-refractivity contribution in [3.63, 3.8) is 0 Å². The highest BCUT2D eigenvalue weighted by molar-refractivity contribution is 5.93. The molecule has 0 spiro atoms. The lowest BCUT2D eigenvalue weighted by Crippen LogP contribution is -2.43. The third-order valence-corrected chi connectivity index (χ3v) is 6.49. The molecule has 4 aromatic rings. The second kappa shape index (κ2) is 16.9. The van der Waals surface area contributed by atoms with Crippen molar-refractivity contribution in [2.45, 2.75) is 70.4 Å². The summed E-state index contributed by atoms with van der Waals surface area (Å²) in [4.78, 5) is 39.6. The molecule has 276 valence electrons. The Bertz CT molecular complexity index is 1760. The van der Waals surface area contributed by atoms with Gasteiger partial charge >= 0.3 is 24.3 Å². The molecule has 1 aliphatic rings. The van der Waals surface area contributed by atoms with Gasteiger partial charge in [0.2, 0.25) is 0 Å². The molecule has 19 heteroatoms. The maximum atomic E-state index is 12.2. The normalized spacial score (nSPS) is 13.3. The first-order valence-corrected chi connectivity index (χ1v) is 15.1. The lowest BCUT2D eigenvalue weighted by atomic mass is 10.1. The Morgan fingerprint density at radius 2 is 1.53 bits per heavy atom. The second-order valence-electron chi connectivity index (χ2n) is 11.9. The van der Waals surface area contributed by atoms with Crippen LogP contribution in [-0.4, -0.2) is 78.8 Å². The van der Waals surface area contributed by atoms with Crippen LogP contribution in [-0.2, 0) is 14.4 Å². The topological polar surface area (TPSA) is 189 Å². The van der Waals surface area contributed by atoms with Gasteiger partial charge in [-0.2, -0.15) is 31.4 Å². The van der Waals surface area contributed by atoms with Crippen molar-refractivity contribution in [2.75, 3.05) is 11.9 Å². The molecule has 13 nitrogen and oxygen atoms in total. The number of fused-ring (bicyclic) bond motifs is 1. The molecule has 51 heavy (non-hydrogen) atoms. The fraction of sp³-hybridized carbons (Fsp3) is 0.375. The first-order valence-electron chi connectivity index (χ1n) is 15.1. The number of nitrogens with one attached hydrogen (secondary N) is 3. The number of hydrogen-bond acceptors (Lipinski definition) is 9. The van der Waals surface area contributed by atoms with Crippen LogP contribution in [0.2, 0.25) is 0 Å². The van der Waals surface area contributed by atoms with E-state index in [2.05, 4.69) is 20.8 Å². The number of rotatable bonds is 8. The van der Waals surface area contributed by atoms with Crippen LogP contribution in [0, 0.1) is 0 Å². The summed E-state index contributed by atoms with van der Waals surface area (Å²) in [7, 11) is 0. The summed E-state index contributed by atoms with van der Waals surface area (Å²) >= 11 is 0. The van der Waals surface area contributed by atoms with E-state index in [1.165, 1.54) is 12.8 Å². The number of ether oxygens (including phenoxy) is 2. The zero-order chi connectivity index (χ0) is 38.0. The van der Waals surface area contributed by atoms with Gasteiger partial charge in [-0.15, -0.1) is 0 Å². The Morgan fingerprint density at radius 3 is 2.08 bits per heavy atom. The number of nitrogens with zero attached hydrogens (tertiary/aromatic N) is 3. The van der Waals surface area contributed by atoms with Gasteiger partial charge in [0, 0.05) is 22.7 Å². The van der Waals surface area contributed by atoms with E-state index in [1.54, 1.807) is 12.4 Å². The Labute approximate surface area is 286 Å². The third-order valence-electron chi connectivity index (χ3n) is 6.49. The molecule has 5 rings (SSSR count). The number of alkyl halides is 6. The Balaban J connectivity index is 0.000000424. The van der Waals surface area contributed by atoms with E-state index < -0.39 is 24.3 Å². The number of benzene rings is 2. The molecule has 5 N–H and O–H groups in total. The quantitative estimate of drug-likeness (QED) is 0.122. The van der Waals surface area contributed by atoms with Crippen molar-refractivity contribution >= 4 is 40.3 Å². The number of amides is 1. The number of H-pyrrole nitrogens is 1. The van der Waals surface area contributed by atoms with Crippen LogP contribution < -0.4 is 20.1 Å². The highest BCUT2D eigenvalue weighted by atomic mass is 19.4. The van der Waals surface area contributed by atoms with Crippen LogP contribution in [0.3, 0.4) is 0 Å². The number of aromatic nitrogens is 4. The standard InChI is InChI=1S/C28H32N6O3.2C2HF3O2/c1-28(2,3)34-25(35)17-36-21-10-6-7-18(13-21)26-32-24-12-11-22(37-20-8-4-5-9-20)14-23(24)27(33-26)31-19-15-29-30-16-19;2*3-2(4,5)1(6)7/h6-7,10-16,20H,4-5,8-9,17H2,1-3H3,(H,29,30)(H,34,35)(H,31,32,33);2*(H,6,7). The predicted molar refractivity (Wildman–Crippen MR) is 171 cm³/mol. The molecular formula is C32H34F6N6O7.